The van der Waals surface area contributed by atoms with E-state index in [1.54, 1.807) is 31.4 Å². The Morgan fingerprint density at radius 1 is 1.15 bits per heavy atom. The minimum Gasteiger partial charge on any atom is -0.492 e. The van der Waals surface area contributed by atoms with Gasteiger partial charge >= 0.3 is 5.97 Å². The first kappa shape index (κ1) is 23.4. The lowest BCUT2D eigenvalue weighted by atomic mass is 9.89. The van der Waals surface area contributed by atoms with Crippen LogP contribution in [0.2, 0.25) is 10.0 Å². The molecule has 33 heavy (non-hydrogen) atoms. The zero-order valence-corrected chi connectivity index (χ0v) is 20.1. The summed E-state index contributed by atoms with van der Waals surface area (Å²) in [5, 5.41) is 0.966. The number of carbonyl (C=O) groups excluding carboxylic acids is 2. The van der Waals surface area contributed by atoms with Crippen molar-refractivity contribution < 1.29 is 33.0 Å². The van der Waals surface area contributed by atoms with E-state index in [1.165, 1.54) is 13.2 Å². The molecule has 2 heterocycles. The second-order valence-corrected chi connectivity index (χ2v) is 9.12. The van der Waals surface area contributed by atoms with Crippen LogP contribution in [0.1, 0.15) is 27.0 Å². The number of carbonyl (C=O) groups is 2. The van der Waals surface area contributed by atoms with Crippen LogP contribution in [0.25, 0.3) is 6.08 Å². The molecule has 0 aliphatic carbocycles. The third kappa shape index (κ3) is 4.53. The Morgan fingerprint density at radius 2 is 1.91 bits per heavy atom. The predicted octanol–water partition coefficient (Wildman–Crippen LogP) is 4.30. The highest BCUT2D eigenvalue weighted by Gasteiger charge is 2.40. The molecule has 7 nitrogen and oxygen atoms in total. The number of benzene rings is 2. The molecular formula is C24H24Cl2NO6+. The van der Waals surface area contributed by atoms with Gasteiger partial charge in [0.2, 0.25) is 12.5 Å². The smallest absolute Gasteiger partial charge is 0.361 e. The van der Waals surface area contributed by atoms with Crippen molar-refractivity contribution in [2.45, 2.75) is 13.0 Å². The number of rotatable bonds is 6. The van der Waals surface area contributed by atoms with E-state index in [4.69, 9.17) is 42.1 Å². The van der Waals surface area contributed by atoms with Gasteiger partial charge in [-0.25, -0.2) is 4.79 Å². The second-order valence-electron chi connectivity index (χ2n) is 8.28. The minimum atomic E-state index is -0.292. The van der Waals surface area contributed by atoms with Crippen molar-refractivity contribution in [1.82, 2.24) is 0 Å². The van der Waals surface area contributed by atoms with Gasteiger partial charge in [-0.3, -0.25) is 4.79 Å². The minimum absolute atomic E-state index is 0.00409. The Labute approximate surface area is 202 Å². The largest absolute Gasteiger partial charge is 0.492 e. The van der Waals surface area contributed by atoms with Gasteiger partial charge < -0.3 is 23.4 Å². The third-order valence-electron chi connectivity index (χ3n) is 5.99. The maximum atomic E-state index is 13.4. The molecule has 0 bridgehead atoms. The van der Waals surface area contributed by atoms with Gasteiger partial charge in [-0.15, -0.1) is 0 Å². The first-order valence-corrected chi connectivity index (χ1v) is 11.1. The van der Waals surface area contributed by atoms with Crippen LogP contribution >= 0.6 is 23.2 Å². The summed E-state index contributed by atoms with van der Waals surface area (Å²) in [4.78, 5) is 25.4. The van der Waals surface area contributed by atoms with Crippen LogP contribution < -0.4 is 14.2 Å². The quantitative estimate of drug-likeness (QED) is 0.259. The number of likely N-dealkylation sites (N-methyl/N-ethyl adjacent to an activating group) is 1. The number of methoxy groups -OCH3 is 2. The van der Waals surface area contributed by atoms with Crippen molar-refractivity contribution in [3.8, 4) is 17.2 Å². The summed E-state index contributed by atoms with van der Waals surface area (Å²) in [7, 11) is 4.91. The standard InChI is InChI=1S/C24H24Cl2NO6/c1-27(12-20(29)30-2)9-8-16-17(11-27)22(31-3)24-23(32-13-33-24)21(16)19(28)7-5-14-4-6-15(25)10-18(14)26/h4-7,10H,8-9,11-13H2,1-3H3/q+1/b7-5+/t27-/m0/s1. The molecule has 1 atom stereocenters. The molecule has 0 saturated heterocycles. The summed E-state index contributed by atoms with van der Waals surface area (Å²) in [5.41, 5.74) is 2.80. The molecule has 9 heteroatoms. The van der Waals surface area contributed by atoms with Gasteiger partial charge in [0.1, 0.15) is 6.54 Å². The molecule has 0 unspecified atom stereocenters. The predicted molar refractivity (Wildman–Crippen MR) is 124 cm³/mol. The maximum Gasteiger partial charge on any atom is 0.361 e. The van der Waals surface area contributed by atoms with E-state index in [2.05, 4.69) is 0 Å². The number of hydrogen-bond acceptors (Lipinski definition) is 6. The normalized spacial score (nSPS) is 18.8. The van der Waals surface area contributed by atoms with Gasteiger partial charge in [0, 0.05) is 16.5 Å². The molecule has 0 N–H and O–H groups in total. The Morgan fingerprint density at radius 3 is 2.61 bits per heavy atom. The highest BCUT2D eigenvalue weighted by Crippen LogP contribution is 2.50. The fraction of sp³-hybridized carbons (Fsp3) is 0.333. The van der Waals surface area contributed by atoms with Crippen molar-refractivity contribution in [2.75, 3.05) is 41.1 Å². The van der Waals surface area contributed by atoms with Gasteiger partial charge in [0.15, 0.2) is 23.8 Å². The summed E-state index contributed by atoms with van der Waals surface area (Å²) in [5.74, 6) is 0.800. The Bertz CT molecular complexity index is 1160. The molecule has 0 amide bonds. The van der Waals surface area contributed by atoms with Crippen LogP contribution in [0.15, 0.2) is 24.3 Å². The van der Waals surface area contributed by atoms with Gasteiger partial charge in [-0.2, -0.15) is 0 Å². The molecule has 4 rings (SSSR count). The lowest BCUT2D eigenvalue weighted by Gasteiger charge is -2.38. The van der Waals surface area contributed by atoms with Crippen molar-refractivity contribution >= 4 is 41.0 Å². The summed E-state index contributed by atoms with van der Waals surface area (Å²) in [6.45, 7) is 1.34. The Balaban J connectivity index is 1.77. The van der Waals surface area contributed by atoms with Gasteiger partial charge in [-0.1, -0.05) is 29.3 Å². The third-order valence-corrected chi connectivity index (χ3v) is 6.56. The maximum absolute atomic E-state index is 13.4. The van der Waals surface area contributed by atoms with Crippen LogP contribution in [-0.2, 0) is 22.5 Å². The summed E-state index contributed by atoms with van der Waals surface area (Å²) < 4.78 is 22.4. The second kappa shape index (κ2) is 9.25. The fourth-order valence-electron chi connectivity index (χ4n) is 4.35. The van der Waals surface area contributed by atoms with E-state index in [-0.39, 0.29) is 25.1 Å². The molecule has 0 spiro atoms. The van der Waals surface area contributed by atoms with Crippen molar-refractivity contribution in [3.63, 3.8) is 0 Å². The number of ether oxygens (including phenoxy) is 4. The number of esters is 1. The molecule has 0 fully saturated rings. The van der Waals surface area contributed by atoms with Gasteiger partial charge in [0.05, 0.1) is 38.9 Å². The van der Waals surface area contributed by atoms with E-state index in [0.29, 0.717) is 62.4 Å². The SMILES string of the molecule is COC(=O)C[N@@+]1(C)CCc2c(c(OC)c3c(c2C(=O)/C=C/c2ccc(Cl)cc2Cl)OCO3)C1. The Kier molecular flexibility index (Phi) is 6.56. The molecule has 2 aromatic carbocycles. The monoisotopic (exact) mass is 492 g/mol. The number of halogens is 2. The number of nitrogens with zero attached hydrogens (tertiary/aromatic N) is 1. The highest BCUT2D eigenvalue weighted by molar-refractivity contribution is 6.35. The molecule has 0 radical (unpaired) electrons. The number of ketones is 1. The van der Waals surface area contributed by atoms with E-state index < -0.39 is 0 Å². The molecule has 174 valence electrons. The van der Waals surface area contributed by atoms with E-state index in [1.807, 2.05) is 7.05 Å². The van der Waals surface area contributed by atoms with E-state index >= 15 is 0 Å². The fourth-order valence-corrected chi connectivity index (χ4v) is 4.83. The zero-order chi connectivity index (χ0) is 23.8. The Hall–Kier alpha value is -2.74. The molecule has 0 saturated carbocycles. The molecule has 2 aliphatic rings. The van der Waals surface area contributed by atoms with Crippen LogP contribution in [0.5, 0.6) is 17.2 Å². The van der Waals surface area contributed by atoms with E-state index in [9.17, 15) is 9.59 Å². The van der Waals surface area contributed by atoms with Crippen LogP contribution in [0.3, 0.4) is 0 Å². The van der Waals surface area contributed by atoms with Crippen LogP contribution in [0.4, 0.5) is 0 Å². The first-order valence-electron chi connectivity index (χ1n) is 10.4. The number of fused-ring (bicyclic) bond motifs is 2. The number of allylic oxidation sites excluding steroid dienone is 1. The van der Waals surface area contributed by atoms with Crippen molar-refractivity contribution in [2.24, 2.45) is 0 Å². The van der Waals surface area contributed by atoms with E-state index in [0.717, 1.165) is 11.1 Å². The summed E-state index contributed by atoms with van der Waals surface area (Å²) in [6, 6.07) is 5.08. The number of hydrogen-bond donors (Lipinski definition) is 0. The first-order chi connectivity index (χ1) is 15.8. The lowest BCUT2D eigenvalue weighted by Crippen LogP contribution is -2.51. The lowest BCUT2D eigenvalue weighted by molar-refractivity contribution is -0.917. The molecule has 0 aromatic heterocycles. The van der Waals surface area contributed by atoms with Crippen molar-refractivity contribution in [3.05, 3.63) is 56.6 Å². The van der Waals surface area contributed by atoms with Crippen molar-refractivity contribution in [1.29, 1.82) is 0 Å². The summed E-state index contributed by atoms with van der Waals surface area (Å²) in [6.07, 6.45) is 3.68. The molecular weight excluding hydrogens is 469 g/mol. The zero-order valence-electron chi connectivity index (χ0n) is 18.6. The van der Waals surface area contributed by atoms with Crippen LogP contribution in [-0.4, -0.2) is 57.4 Å². The molecule has 2 aromatic rings. The highest BCUT2D eigenvalue weighted by atomic mass is 35.5. The molecule has 2 aliphatic heterocycles. The van der Waals surface area contributed by atoms with Crippen LogP contribution in [0, 0.1) is 0 Å². The topological polar surface area (TPSA) is 71.1 Å². The van der Waals surface area contributed by atoms with Gasteiger partial charge in [-0.05, 0) is 35.4 Å². The average molecular weight is 493 g/mol. The number of quaternary nitrogens is 1. The average Bonchev–Trinajstić information content (AvgIpc) is 3.25. The van der Waals surface area contributed by atoms with Gasteiger partial charge in [0.25, 0.3) is 0 Å². The summed E-state index contributed by atoms with van der Waals surface area (Å²) >= 11 is 12.2.